The van der Waals surface area contributed by atoms with Gasteiger partial charge in [-0.3, -0.25) is 18.3 Å². The summed E-state index contributed by atoms with van der Waals surface area (Å²) in [7, 11) is 1.67. The van der Waals surface area contributed by atoms with E-state index >= 15 is 0 Å². The minimum atomic E-state index is -0.370. The molecule has 0 amide bonds. The topological polar surface area (TPSA) is 66.2 Å². The Labute approximate surface area is 184 Å². The molecule has 0 radical (unpaired) electrons. The van der Waals surface area contributed by atoms with Crippen molar-refractivity contribution in [2.75, 3.05) is 0 Å². The number of fused-ring (bicyclic) bond motifs is 3. The van der Waals surface area contributed by atoms with E-state index in [0.717, 1.165) is 22.4 Å². The lowest BCUT2D eigenvalue weighted by Crippen LogP contribution is -2.39. The fraction of sp³-hybridized carbons (Fsp3) is 0.240. The van der Waals surface area contributed by atoms with Gasteiger partial charge >= 0.3 is 5.69 Å². The van der Waals surface area contributed by atoms with Gasteiger partial charge in [-0.2, -0.15) is 4.98 Å². The van der Waals surface area contributed by atoms with E-state index in [1.807, 2.05) is 66.9 Å². The Morgan fingerprint density at radius 3 is 2.38 bits per heavy atom. The molecule has 0 fully saturated rings. The van der Waals surface area contributed by atoms with Gasteiger partial charge in [-0.1, -0.05) is 54.6 Å². The fourth-order valence-corrected chi connectivity index (χ4v) is 4.48. The van der Waals surface area contributed by atoms with Crippen LogP contribution in [0.3, 0.4) is 0 Å². The highest BCUT2D eigenvalue weighted by atomic mass is 16.2. The van der Waals surface area contributed by atoms with Crippen LogP contribution in [-0.4, -0.2) is 23.1 Å². The maximum atomic E-state index is 13.5. The normalized spacial score (nSPS) is 12.6. The number of rotatable bonds is 4. The number of nitrogens with zero attached hydrogens (tertiary/aromatic N) is 5. The molecule has 0 aliphatic carbocycles. The van der Waals surface area contributed by atoms with E-state index in [0.29, 0.717) is 16.9 Å². The quantitative estimate of drug-likeness (QED) is 0.441. The zero-order chi connectivity index (χ0) is 22.6. The van der Waals surface area contributed by atoms with Crippen molar-refractivity contribution in [2.24, 2.45) is 7.05 Å². The maximum Gasteiger partial charge on any atom is 0.332 e. The molecule has 0 N–H and O–H groups in total. The average molecular weight is 428 g/mol. The number of imidazole rings is 2. The Bertz CT molecular complexity index is 1580. The molecule has 3 aromatic heterocycles. The molecule has 7 nitrogen and oxygen atoms in total. The predicted octanol–water partition coefficient (Wildman–Crippen LogP) is 3.42. The van der Waals surface area contributed by atoms with E-state index in [1.54, 1.807) is 7.05 Å². The van der Waals surface area contributed by atoms with Crippen LogP contribution in [0, 0.1) is 13.8 Å². The van der Waals surface area contributed by atoms with E-state index < -0.39 is 0 Å². The summed E-state index contributed by atoms with van der Waals surface area (Å²) in [5.74, 6) is 0.648. The lowest BCUT2D eigenvalue weighted by Gasteiger charge is -2.16. The summed E-state index contributed by atoms with van der Waals surface area (Å²) in [5, 5.41) is 0. The van der Waals surface area contributed by atoms with Crippen LogP contribution in [0.4, 0.5) is 0 Å². The van der Waals surface area contributed by atoms with Gasteiger partial charge in [0.05, 0.1) is 12.6 Å². The van der Waals surface area contributed by atoms with Gasteiger partial charge in [0.1, 0.15) is 0 Å². The van der Waals surface area contributed by atoms with Crippen molar-refractivity contribution in [3.05, 3.63) is 104 Å². The summed E-state index contributed by atoms with van der Waals surface area (Å²) in [6.45, 7) is 6.32. The van der Waals surface area contributed by atoms with Crippen molar-refractivity contribution in [3.8, 4) is 0 Å². The Balaban J connectivity index is 1.76. The monoisotopic (exact) mass is 427 g/mol. The summed E-state index contributed by atoms with van der Waals surface area (Å²) in [4.78, 5) is 31.4. The van der Waals surface area contributed by atoms with Crippen LogP contribution in [0.25, 0.3) is 16.9 Å². The largest absolute Gasteiger partial charge is 0.332 e. The number of hydrogen-bond donors (Lipinski definition) is 0. The third-order valence-corrected chi connectivity index (χ3v) is 6.33. The second-order valence-corrected chi connectivity index (χ2v) is 8.34. The molecule has 0 bridgehead atoms. The Morgan fingerprint density at radius 2 is 1.66 bits per heavy atom. The Hall–Kier alpha value is -3.87. The lowest BCUT2D eigenvalue weighted by atomic mass is 10.1. The number of aromatic nitrogens is 5. The third kappa shape index (κ3) is 2.92. The summed E-state index contributed by atoms with van der Waals surface area (Å²) in [6, 6.07) is 18.0. The molecule has 2 aromatic carbocycles. The smallest absolute Gasteiger partial charge is 0.307 e. The van der Waals surface area contributed by atoms with Crippen LogP contribution in [-0.2, 0) is 13.6 Å². The van der Waals surface area contributed by atoms with Crippen molar-refractivity contribution < 1.29 is 0 Å². The number of benzene rings is 2. The first-order valence-corrected chi connectivity index (χ1v) is 10.7. The molecule has 1 atom stereocenters. The second kappa shape index (κ2) is 7.37. The van der Waals surface area contributed by atoms with E-state index in [-0.39, 0.29) is 23.8 Å². The Morgan fingerprint density at radius 1 is 0.969 bits per heavy atom. The van der Waals surface area contributed by atoms with Crippen LogP contribution in [0.15, 0.2) is 70.4 Å². The first-order chi connectivity index (χ1) is 15.4. The van der Waals surface area contributed by atoms with Gasteiger partial charge in [-0.15, -0.1) is 0 Å². The predicted molar refractivity (Wildman–Crippen MR) is 125 cm³/mol. The zero-order valence-corrected chi connectivity index (χ0v) is 18.6. The van der Waals surface area contributed by atoms with Gasteiger partial charge in [-0.05, 0) is 37.5 Å². The van der Waals surface area contributed by atoms with Crippen LogP contribution < -0.4 is 11.2 Å². The highest BCUT2D eigenvalue weighted by molar-refractivity contribution is 5.75. The minimum Gasteiger partial charge on any atom is -0.307 e. The molecule has 7 heteroatoms. The molecule has 0 saturated heterocycles. The fourth-order valence-electron chi connectivity index (χ4n) is 4.48. The summed E-state index contributed by atoms with van der Waals surface area (Å²) in [6.07, 6.45) is 1.92. The molecule has 0 saturated carbocycles. The molecule has 0 unspecified atom stereocenters. The van der Waals surface area contributed by atoms with Crippen LogP contribution in [0.5, 0.6) is 0 Å². The van der Waals surface area contributed by atoms with Gasteiger partial charge in [0.25, 0.3) is 5.56 Å². The maximum absolute atomic E-state index is 13.5. The SMILES string of the molecule is Cc1ccccc1Cn1c(=O)c2c(nc3n([C@@H](C)c4ccccc4)c(C)cn23)n(C)c1=O. The second-order valence-electron chi connectivity index (χ2n) is 8.34. The molecule has 162 valence electrons. The van der Waals surface area contributed by atoms with Crippen molar-refractivity contribution in [1.82, 2.24) is 23.1 Å². The number of hydrogen-bond acceptors (Lipinski definition) is 3. The molecule has 0 aliphatic heterocycles. The third-order valence-electron chi connectivity index (χ3n) is 6.33. The molecule has 0 spiro atoms. The molecular formula is C25H25N5O2. The van der Waals surface area contributed by atoms with Gasteiger partial charge in [0, 0.05) is 18.9 Å². The van der Waals surface area contributed by atoms with Crippen molar-refractivity contribution in [3.63, 3.8) is 0 Å². The molecule has 3 heterocycles. The standard InChI is InChI=1S/C25H25N5O2/c1-16-10-8-9-13-20(16)15-29-23(31)21-22(27(4)25(29)32)26-24-28(21)14-17(2)30(24)18(3)19-11-6-5-7-12-19/h5-14,18H,15H2,1-4H3/t18-/m0/s1. The molecule has 5 rings (SSSR count). The summed E-state index contributed by atoms with van der Waals surface area (Å²) >= 11 is 0. The van der Waals surface area contributed by atoms with E-state index in [9.17, 15) is 9.59 Å². The van der Waals surface area contributed by atoms with Gasteiger partial charge in [-0.25, -0.2) is 4.79 Å². The molecule has 32 heavy (non-hydrogen) atoms. The van der Waals surface area contributed by atoms with Crippen LogP contribution >= 0.6 is 0 Å². The van der Waals surface area contributed by atoms with Crippen LogP contribution in [0.1, 0.15) is 35.3 Å². The molecule has 5 aromatic rings. The van der Waals surface area contributed by atoms with Crippen molar-refractivity contribution >= 4 is 16.9 Å². The van der Waals surface area contributed by atoms with Crippen molar-refractivity contribution in [1.29, 1.82) is 0 Å². The van der Waals surface area contributed by atoms with E-state index in [4.69, 9.17) is 4.98 Å². The first kappa shape index (κ1) is 20.1. The van der Waals surface area contributed by atoms with Gasteiger partial charge in [0.15, 0.2) is 11.2 Å². The highest BCUT2D eigenvalue weighted by Gasteiger charge is 2.22. The van der Waals surface area contributed by atoms with Gasteiger partial charge in [0.2, 0.25) is 5.78 Å². The van der Waals surface area contributed by atoms with E-state index in [2.05, 4.69) is 23.6 Å². The number of aryl methyl sites for hydroxylation is 3. The minimum absolute atomic E-state index is 0.0248. The van der Waals surface area contributed by atoms with Crippen molar-refractivity contribution in [2.45, 2.75) is 33.4 Å². The summed E-state index contributed by atoms with van der Waals surface area (Å²) in [5.41, 5.74) is 4.23. The first-order valence-electron chi connectivity index (χ1n) is 10.7. The highest BCUT2D eigenvalue weighted by Crippen LogP contribution is 2.25. The lowest BCUT2D eigenvalue weighted by molar-refractivity contribution is 0.638. The summed E-state index contributed by atoms with van der Waals surface area (Å²) < 4.78 is 6.69. The zero-order valence-electron chi connectivity index (χ0n) is 18.6. The average Bonchev–Trinajstić information content (AvgIpc) is 3.31. The Kier molecular flexibility index (Phi) is 4.62. The molecular weight excluding hydrogens is 402 g/mol. The van der Waals surface area contributed by atoms with Gasteiger partial charge < -0.3 is 4.57 Å². The van der Waals surface area contributed by atoms with Crippen LogP contribution in [0.2, 0.25) is 0 Å². The van der Waals surface area contributed by atoms with E-state index in [1.165, 1.54) is 9.13 Å². The molecule has 0 aliphatic rings.